The van der Waals surface area contributed by atoms with Gasteiger partial charge in [-0.25, -0.2) is 0 Å². The van der Waals surface area contributed by atoms with Crippen molar-refractivity contribution in [2.45, 2.75) is 64.0 Å². The first kappa shape index (κ1) is 17.0. The number of aryl methyl sites for hydroxylation is 1. The quantitative estimate of drug-likeness (QED) is 0.899. The van der Waals surface area contributed by atoms with Crippen LogP contribution in [0, 0.1) is 16.7 Å². The molecule has 3 rings (SSSR count). The van der Waals surface area contributed by atoms with Gasteiger partial charge in [0, 0.05) is 13.3 Å². The summed E-state index contributed by atoms with van der Waals surface area (Å²) in [5.74, 6) is -0.103. The molecule has 1 saturated carbocycles. The van der Waals surface area contributed by atoms with Gasteiger partial charge in [0.05, 0.1) is 31.0 Å². The fourth-order valence-electron chi connectivity index (χ4n) is 3.88. The first-order valence-electron chi connectivity index (χ1n) is 8.96. The van der Waals surface area contributed by atoms with Crippen LogP contribution >= 0.6 is 0 Å². The number of hydrogen-bond donors (Lipinski definition) is 1. The second-order valence-corrected chi connectivity index (χ2v) is 6.97. The lowest BCUT2D eigenvalue weighted by molar-refractivity contribution is -0.130. The molecule has 6 nitrogen and oxygen atoms in total. The SMILES string of the molecule is COCCn1cc2c(n1)C(NC(=O)C1(C#N)CCCCC1)CCC2. The van der Waals surface area contributed by atoms with Gasteiger partial charge in [-0.1, -0.05) is 19.3 Å². The minimum absolute atomic E-state index is 0.0720. The molecule has 1 N–H and O–H groups in total. The van der Waals surface area contributed by atoms with Gasteiger partial charge in [0.1, 0.15) is 5.41 Å². The van der Waals surface area contributed by atoms with Crippen LogP contribution in [0.5, 0.6) is 0 Å². The molecule has 130 valence electrons. The summed E-state index contributed by atoms with van der Waals surface area (Å²) in [7, 11) is 1.68. The number of amides is 1. The third kappa shape index (κ3) is 3.32. The van der Waals surface area contributed by atoms with Crippen molar-refractivity contribution in [1.82, 2.24) is 15.1 Å². The van der Waals surface area contributed by atoms with E-state index in [9.17, 15) is 10.1 Å². The van der Waals surface area contributed by atoms with E-state index in [1.807, 2.05) is 4.68 Å². The third-order valence-electron chi connectivity index (χ3n) is 5.32. The summed E-state index contributed by atoms with van der Waals surface area (Å²) < 4.78 is 7.01. The Bertz CT molecular complexity index is 625. The Morgan fingerprint density at radius 2 is 2.25 bits per heavy atom. The van der Waals surface area contributed by atoms with Gasteiger partial charge in [0.25, 0.3) is 0 Å². The molecule has 1 aromatic rings. The second kappa shape index (κ2) is 7.35. The molecule has 1 heterocycles. The Hall–Kier alpha value is -1.87. The number of ether oxygens (including phenoxy) is 1. The zero-order valence-corrected chi connectivity index (χ0v) is 14.4. The topological polar surface area (TPSA) is 79.9 Å². The molecule has 1 amide bonds. The molecule has 1 aromatic heterocycles. The maximum atomic E-state index is 12.8. The van der Waals surface area contributed by atoms with Crippen LogP contribution in [0.3, 0.4) is 0 Å². The van der Waals surface area contributed by atoms with Crippen LogP contribution in [-0.2, 0) is 22.5 Å². The molecule has 0 radical (unpaired) electrons. The van der Waals surface area contributed by atoms with Crippen molar-refractivity contribution in [1.29, 1.82) is 5.26 Å². The summed E-state index contributed by atoms with van der Waals surface area (Å²) in [6.45, 7) is 1.33. The molecule has 2 aliphatic rings. The van der Waals surface area contributed by atoms with E-state index in [0.29, 0.717) is 26.0 Å². The van der Waals surface area contributed by atoms with Crippen LogP contribution in [0.4, 0.5) is 0 Å². The van der Waals surface area contributed by atoms with Crippen molar-refractivity contribution in [2.24, 2.45) is 5.41 Å². The van der Waals surface area contributed by atoms with E-state index < -0.39 is 5.41 Å². The molecule has 0 bridgehead atoms. The highest BCUT2D eigenvalue weighted by atomic mass is 16.5. The van der Waals surface area contributed by atoms with Crippen LogP contribution in [0.1, 0.15) is 62.2 Å². The number of rotatable bonds is 5. The van der Waals surface area contributed by atoms with Gasteiger partial charge in [0.15, 0.2) is 0 Å². The van der Waals surface area contributed by atoms with Gasteiger partial charge in [-0.15, -0.1) is 0 Å². The average Bonchev–Trinajstić information content (AvgIpc) is 3.04. The fourth-order valence-corrected chi connectivity index (χ4v) is 3.88. The summed E-state index contributed by atoms with van der Waals surface area (Å²) in [6, 6.07) is 2.24. The number of fused-ring (bicyclic) bond motifs is 1. The minimum Gasteiger partial charge on any atom is -0.383 e. The van der Waals surface area contributed by atoms with Crippen LogP contribution < -0.4 is 5.32 Å². The maximum absolute atomic E-state index is 12.8. The van der Waals surface area contributed by atoms with Crippen LogP contribution in [-0.4, -0.2) is 29.4 Å². The highest BCUT2D eigenvalue weighted by molar-refractivity contribution is 5.85. The Balaban J connectivity index is 1.73. The lowest BCUT2D eigenvalue weighted by atomic mass is 9.74. The van der Waals surface area contributed by atoms with Crippen LogP contribution in [0.25, 0.3) is 0 Å². The predicted octanol–water partition coefficient (Wildman–Crippen LogP) is 2.50. The van der Waals surface area contributed by atoms with Crippen molar-refractivity contribution >= 4 is 5.91 Å². The number of carbonyl (C=O) groups excluding carboxylic acids is 1. The number of hydrogen-bond acceptors (Lipinski definition) is 4. The van der Waals surface area contributed by atoms with Gasteiger partial charge in [-0.05, 0) is 37.7 Å². The van der Waals surface area contributed by atoms with E-state index in [1.165, 1.54) is 5.56 Å². The Kier molecular flexibility index (Phi) is 5.20. The largest absolute Gasteiger partial charge is 0.383 e. The zero-order valence-electron chi connectivity index (χ0n) is 14.4. The number of methoxy groups -OCH3 is 1. The van der Waals surface area contributed by atoms with Crippen LogP contribution in [0.15, 0.2) is 6.20 Å². The van der Waals surface area contributed by atoms with E-state index in [2.05, 4.69) is 22.7 Å². The molecule has 6 heteroatoms. The second-order valence-electron chi connectivity index (χ2n) is 6.97. The maximum Gasteiger partial charge on any atom is 0.241 e. The van der Waals surface area contributed by atoms with Crippen molar-refractivity contribution < 1.29 is 9.53 Å². The first-order chi connectivity index (χ1) is 11.7. The first-order valence-corrected chi connectivity index (χ1v) is 8.96. The normalized spacial score (nSPS) is 22.4. The molecule has 1 fully saturated rings. The number of aromatic nitrogens is 2. The summed E-state index contributed by atoms with van der Waals surface area (Å²) in [6.07, 6.45) is 9.38. The lowest BCUT2D eigenvalue weighted by Gasteiger charge is -2.32. The summed E-state index contributed by atoms with van der Waals surface area (Å²) in [5.41, 5.74) is 1.33. The van der Waals surface area contributed by atoms with Gasteiger partial charge >= 0.3 is 0 Å². The number of nitrogens with one attached hydrogen (secondary N) is 1. The predicted molar refractivity (Wildman–Crippen MR) is 89.1 cm³/mol. The summed E-state index contributed by atoms with van der Waals surface area (Å²) in [5, 5.41) is 17.4. The highest BCUT2D eigenvalue weighted by Gasteiger charge is 2.41. The monoisotopic (exact) mass is 330 g/mol. The van der Waals surface area contributed by atoms with E-state index in [-0.39, 0.29) is 11.9 Å². The van der Waals surface area contributed by atoms with E-state index >= 15 is 0 Å². The molecule has 1 atom stereocenters. The standard InChI is InChI=1S/C18H26N4O2/c1-24-11-10-22-12-14-6-5-7-15(16(14)21-22)20-17(23)18(13-19)8-3-2-4-9-18/h12,15H,2-11H2,1H3,(H,20,23). The van der Waals surface area contributed by atoms with Gasteiger partial charge in [-0.2, -0.15) is 10.4 Å². The lowest BCUT2D eigenvalue weighted by Crippen LogP contribution is -2.43. The Morgan fingerprint density at radius 3 is 2.96 bits per heavy atom. The van der Waals surface area contributed by atoms with Crippen LogP contribution in [0.2, 0.25) is 0 Å². The highest BCUT2D eigenvalue weighted by Crippen LogP contribution is 2.37. The molecule has 24 heavy (non-hydrogen) atoms. The van der Waals surface area contributed by atoms with Gasteiger partial charge < -0.3 is 10.1 Å². The van der Waals surface area contributed by atoms with Crippen molar-refractivity contribution in [2.75, 3.05) is 13.7 Å². The fraction of sp³-hybridized carbons (Fsp3) is 0.722. The molecule has 0 spiro atoms. The zero-order chi connectivity index (χ0) is 17.0. The minimum atomic E-state index is -0.839. The third-order valence-corrected chi connectivity index (χ3v) is 5.32. The Labute approximate surface area is 143 Å². The molecule has 0 aliphatic heterocycles. The molecular weight excluding hydrogens is 304 g/mol. The molecule has 0 saturated heterocycles. The number of nitrogens with zero attached hydrogens (tertiary/aromatic N) is 3. The average molecular weight is 330 g/mol. The van der Waals surface area contributed by atoms with E-state index in [4.69, 9.17) is 4.74 Å². The summed E-state index contributed by atoms with van der Waals surface area (Å²) in [4.78, 5) is 12.8. The van der Waals surface area contributed by atoms with Gasteiger partial charge in [0.2, 0.25) is 5.91 Å². The molecule has 2 aliphatic carbocycles. The number of carbonyl (C=O) groups is 1. The smallest absolute Gasteiger partial charge is 0.241 e. The van der Waals surface area contributed by atoms with Crippen molar-refractivity contribution in [3.05, 3.63) is 17.5 Å². The summed E-state index contributed by atoms with van der Waals surface area (Å²) >= 11 is 0. The molecular formula is C18H26N4O2. The Morgan fingerprint density at radius 1 is 1.46 bits per heavy atom. The molecule has 0 aromatic carbocycles. The van der Waals surface area contributed by atoms with E-state index in [0.717, 1.165) is 44.2 Å². The van der Waals surface area contributed by atoms with Gasteiger partial charge in [-0.3, -0.25) is 9.48 Å². The van der Waals surface area contributed by atoms with Crippen molar-refractivity contribution in [3.63, 3.8) is 0 Å². The van der Waals surface area contributed by atoms with E-state index in [1.54, 1.807) is 7.11 Å². The molecule has 1 unspecified atom stereocenters. The van der Waals surface area contributed by atoms with Crippen molar-refractivity contribution in [3.8, 4) is 6.07 Å². The number of nitriles is 1.